The first-order valence-electron chi connectivity index (χ1n) is 8.67. The normalized spacial score (nSPS) is 17.0. The average molecular weight is 473 g/mol. The van der Waals surface area contributed by atoms with Crippen LogP contribution in [0.3, 0.4) is 0 Å². The number of benzene rings is 2. The standard InChI is InChI=1S/C19H13BrN4O4S/c20-12-4-1-10(2-5-12)17-15(8-16(25)26)29-19-22-21-18(24(19)23-17)11-3-6-13-14(7-11)28-9-27-13/h1-7,15H,8-9H2,(H,25,26). The Kier molecular flexibility index (Phi) is 4.51. The summed E-state index contributed by atoms with van der Waals surface area (Å²) in [6.07, 6.45) is -0.0637. The van der Waals surface area contributed by atoms with Crippen LogP contribution in [-0.2, 0) is 4.79 Å². The van der Waals surface area contributed by atoms with Gasteiger partial charge in [0.15, 0.2) is 17.3 Å². The molecule has 1 N–H and O–H groups in total. The van der Waals surface area contributed by atoms with Crippen LogP contribution in [-0.4, -0.2) is 43.7 Å². The molecule has 3 heterocycles. The summed E-state index contributed by atoms with van der Waals surface area (Å²) in [5.74, 6) is 0.983. The molecule has 8 nitrogen and oxygen atoms in total. The van der Waals surface area contributed by atoms with Gasteiger partial charge in [-0.15, -0.1) is 10.2 Å². The summed E-state index contributed by atoms with van der Waals surface area (Å²) in [7, 11) is 0. The van der Waals surface area contributed by atoms with Crippen molar-refractivity contribution in [3.05, 3.63) is 52.5 Å². The van der Waals surface area contributed by atoms with Crippen molar-refractivity contribution in [1.82, 2.24) is 14.9 Å². The Morgan fingerprint density at radius 1 is 1.14 bits per heavy atom. The SMILES string of the molecule is O=C(O)CC1Sc2nnc(-c3ccc4c(c3)OCO4)n2N=C1c1ccc(Br)cc1. The second-order valence-electron chi connectivity index (χ2n) is 6.38. The van der Waals surface area contributed by atoms with E-state index in [1.54, 1.807) is 4.68 Å². The third-order valence-corrected chi connectivity index (χ3v) is 6.17. The van der Waals surface area contributed by atoms with Crippen LogP contribution >= 0.6 is 27.7 Å². The molecule has 0 amide bonds. The number of nitrogens with zero attached hydrogens (tertiary/aromatic N) is 4. The van der Waals surface area contributed by atoms with Gasteiger partial charge in [0.05, 0.1) is 17.4 Å². The van der Waals surface area contributed by atoms with Crippen LogP contribution in [0.1, 0.15) is 12.0 Å². The summed E-state index contributed by atoms with van der Waals surface area (Å²) < 4.78 is 13.4. The van der Waals surface area contributed by atoms with Crippen LogP contribution < -0.4 is 9.47 Å². The van der Waals surface area contributed by atoms with Gasteiger partial charge in [-0.3, -0.25) is 4.79 Å². The van der Waals surface area contributed by atoms with E-state index in [9.17, 15) is 9.90 Å². The molecule has 29 heavy (non-hydrogen) atoms. The Morgan fingerprint density at radius 2 is 1.90 bits per heavy atom. The lowest BCUT2D eigenvalue weighted by Gasteiger charge is -2.22. The van der Waals surface area contributed by atoms with Crippen molar-refractivity contribution in [2.45, 2.75) is 16.8 Å². The Morgan fingerprint density at radius 3 is 2.69 bits per heavy atom. The second-order valence-corrected chi connectivity index (χ2v) is 8.47. The van der Waals surface area contributed by atoms with E-state index in [4.69, 9.17) is 14.6 Å². The molecule has 0 aliphatic carbocycles. The van der Waals surface area contributed by atoms with Gasteiger partial charge in [0.25, 0.3) is 0 Å². The molecule has 0 saturated heterocycles. The average Bonchev–Trinajstić information content (AvgIpc) is 3.33. The van der Waals surface area contributed by atoms with E-state index in [0.717, 1.165) is 15.6 Å². The van der Waals surface area contributed by atoms with E-state index in [-0.39, 0.29) is 18.5 Å². The van der Waals surface area contributed by atoms with Crippen LogP contribution in [0.5, 0.6) is 11.5 Å². The van der Waals surface area contributed by atoms with Crippen LogP contribution in [0, 0.1) is 0 Å². The van der Waals surface area contributed by atoms with Gasteiger partial charge in [-0.2, -0.15) is 9.78 Å². The van der Waals surface area contributed by atoms with Gasteiger partial charge in [-0.05, 0) is 35.9 Å². The monoisotopic (exact) mass is 472 g/mol. The summed E-state index contributed by atoms with van der Waals surface area (Å²) >= 11 is 4.77. The summed E-state index contributed by atoms with van der Waals surface area (Å²) in [6.45, 7) is 0.190. The zero-order valence-electron chi connectivity index (χ0n) is 14.8. The first kappa shape index (κ1) is 18.2. The third-order valence-electron chi connectivity index (χ3n) is 4.50. The van der Waals surface area contributed by atoms with Crippen LogP contribution in [0.4, 0.5) is 0 Å². The molecule has 5 rings (SSSR count). The molecule has 0 bridgehead atoms. The number of carboxylic acid groups (broad SMARTS) is 1. The van der Waals surface area contributed by atoms with Crippen molar-refractivity contribution in [1.29, 1.82) is 0 Å². The topological polar surface area (TPSA) is 98.8 Å². The molecule has 10 heteroatoms. The fourth-order valence-electron chi connectivity index (χ4n) is 3.16. The molecule has 0 saturated carbocycles. The van der Waals surface area contributed by atoms with Crippen molar-refractivity contribution < 1.29 is 19.4 Å². The first-order chi connectivity index (χ1) is 14.1. The molecule has 2 aliphatic rings. The predicted octanol–water partition coefficient (Wildman–Crippen LogP) is 3.64. The Labute approximate surface area is 177 Å². The van der Waals surface area contributed by atoms with Gasteiger partial charge in [0.2, 0.25) is 11.9 Å². The highest BCUT2D eigenvalue weighted by Gasteiger charge is 2.31. The number of halogens is 1. The summed E-state index contributed by atoms with van der Waals surface area (Å²) in [6, 6.07) is 13.2. The summed E-state index contributed by atoms with van der Waals surface area (Å²) in [5.41, 5.74) is 2.30. The second kappa shape index (κ2) is 7.20. The molecular formula is C19H13BrN4O4S. The van der Waals surface area contributed by atoms with E-state index < -0.39 is 5.97 Å². The number of rotatable bonds is 4. The number of hydrogen-bond donors (Lipinski definition) is 1. The number of carbonyl (C=O) groups is 1. The van der Waals surface area contributed by atoms with Crippen molar-refractivity contribution in [3.8, 4) is 22.9 Å². The maximum absolute atomic E-state index is 11.4. The van der Waals surface area contributed by atoms with Crippen LogP contribution in [0.25, 0.3) is 11.4 Å². The lowest BCUT2D eigenvalue weighted by atomic mass is 10.1. The van der Waals surface area contributed by atoms with Gasteiger partial charge in [-0.25, -0.2) is 0 Å². The lowest BCUT2D eigenvalue weighted by molar-refractivity contribution is -0.136. The fourth-order valence-corrected chi connectivity index (χ4v) is 4.52. The number of fused-ring (bicyclic) bond motifs is 2. The molecule has 2 aliphatic heterocycles. The van der Waals surface area contributed by atoms with E-state index in [1.165, 1.54) is 11.8 Å². The first-order valence-corrected chi connectivity index (χ1v) is 10.3. The molecule has 0 fully saturated rings. The molecule has 1 aromatic heterocycles. The molecule has 3 aromatic rings. The van der Waals surface area contributed by atoms with Gasteiger partial charge < -0.3 is 14.6 Å². The Hall–Kier alpha value is -2.85. The van der Waals surface area contributed by atoms with Gasteiger partial charge in [0.1, 0.15) is 0 Å². The van der Waals surface area contributed by atoms with Gasteiger partial charge in [-0.1, -0.05) is 39.8 Å². The van der Waals surface area contributed by atoms with Gasteiger partial charge >= 0.3 is 5.97 Å². The van der Waals surface area contributed by atoms with Crippen molar-refractivity contribution in [2.24, 2.45) is 5.10 Å². The highest BCUT2D eigenvalue weighted by molar-refractivity contribution is 9.10. The van der Waals surface area contributed by atoms with E-state index in [2.05, 4.69) is 26.1 Å². The molecule has 2 aromatic carbocycles. The van der Waals surface area contributed by atoms with E-state index >= 15 is 0 Å². The van der Waals surface area contributed by atoms with E-state index in [0.29, 0.717) is 28.2 Å². The minimum Gasteiger partial charge on any atom is -0.481 e. The maximum atomic E-state index is 11.4. The van der Waals surface area contributed by atoms with Gasteiger partial charge in [0, 0.05) is 10.0 Å². The number of aliphatic carboxylic acids is 1. The summed E-state index contributed by atoms with van der Waals surface area (Å²) in [4.78, 5) is 11.4. The number of aromatic nitrogens is 3. The molecule has 1 unspecified atom stereocenters. The Bertz CT molecular complexity index is 1150. The maximum Gasteiger partial charge on any atom is 0.304 e. The van der Waals surface area contributed by atoms with Crippen molar-refractivity contribution in [3.63, 3.8) is 0 Å². The van der Waals surface area contributed by atoms with E-state index in [1.807, 2.05) is 42.5 Å². The number of ether oxygens (including phenoxy) is 2. The zero-order chi connectivity index (χ0) is 20.0. The third kappa shape index (κ3) is 3.38. The van der Waals surface area contributed by atoms with Crippen molar-refractivity contribution >= 4 is 39.4 Å². The number of thioether (sulfide) groups is 1. The highest BCUT2D eigenvalue weighted by Crippen LogP contribution is 2.38. The predicted molar refractivity (Wildman–Crippen MR) is 110 cm³/mol. The van der Waals surface area contributed by atoms with Crippen LogP contribution in [0.2, 0.25) is 0 Å². The summed E-state index contributed by atoms with van der Waals surface area (Å²) in [5, 5.41) is 22.8. The minimum atomic E-state index is -0.892. The minimum absolute atomic E-state index is 0.0637. The molecule has 1 atom stereocenters. The smallest absolute Gasteiger partial charge is 0.304 e. The van der Waals surface area contributed by atoms with Crippen LogP contribution in [0.15, 0.2) is 57.2 Å². The molecule has 0 radical (unpaired) electrons. The lowest BCUT2D eigenvalue weighted by Crippen LogP contribution is -2.27. The largest absolute Gasteiger partial charge is 0.481 e. The number of carboxylic acids is 1. The Balaban J connectivity index is 1.60. The molecule has 0 spiro atoms. The quantitative estimate of drug-likeness (QED) is 0.618. The molecule has 146 valence electrons. The van der Waals surface area contributed by atoms with Crippen molar-refractivity contribution in [2.75, 3.05) is 6.79 Å². The molecular weight excluding hydrogens is 460 g/mol. The number of hydrogen-bond acceptors (Lipinski definition) is 7. The zero-order valence-corrected chi connectivity index (χ0v) is 17.2. The highest BCUT2D eigenvalue weighted by atomic mass is 79.9. The fraction of sp³-hybridized carbons (Fsp3) is 0.158.